The molecule has 9 heteroatoms. The van der Waals surface area contributed by atoms with Crippen molar-refractivity contribution in [1.82, 2.24) is 9.88 Å². The highest BCUT2D eigenvalue weighted by atomic mass is 35.5. The molecule has 1 aromatic heterocycles. The van der Waals surface area contributed by atoms with Crippen LogP contribution < -0.4 is 4.74 Å². The second kappa shape index (κ2) is 12.3. The van der Waals surface area contributed by atoms with Crippen molar-refractivity contribution in [2.45, 2.75) is 51.1 Å². The first-order valence-corrected chi connectivity index (χ1v) is 13.2. The number of piperidine rings is 1. The average molecular weight is 549 g/mol. The van der Waals surface area contributed by atoms with Crippen LogP contribution in [0.1, 0.15) is 55.8 Å². The van der Waals surface area contributed by atoms with Gasteiger partial charge in [-0.2, -0.15) is 0 Å². The van der Waals surface area contributed by atoms with Crippen molar-refractivity contribution < 1.29 is 27.8 Å². The number of benzene rings is 2. The van der Waals surface area contributed by atoms with Crippen LogP contribution in [0.15, 0.2) is 42.6 Å². The number of carbonyl (C=O) groups is 1. The zero-order valence-corrected chi connectivity index (χ0v) is 22.1. The summed E-state index contributed by atoms with van der Waals surface area (Å²) in [5, 5.41) is 10.4. The summed E-state index contributed by atoms with van der Waals surface area (Å²) in [7, 11) is 1.54. The van der Waals surface area contributed by atoms with Gasteiger partial charge in [-0.15, -0.1) is 0 Å². The van der Waals surface area contributed by atoms with Crippen LogP contribution in [0.2, 0.25) is 5.02 Å². The van der Waals surface area contributed by atoms with Gasteiger partial charge in [-0.05, 0) is 99.5 Å². The van der Waals surface area contributed by atoms with Crippen molar-refractivity contribution in [2.75, 3.05) is 26.7 Å². The van der Waals surface area contributed by atoms with Crippen molar-refractivity contribution in [3.8, 4) is 5.75 Å². The van der Waals surface area contributed by atoms with Crippen LogP contribution in [0.5, 0.6) is 5.75 Å². The third kappa shape index (κ3) is 6.97. The fourth-order valence-electron chi connectivity index (χ4n) is 5.54. The molecule has 1 N–H and O–H groups in total. The van der Waals surface area contributed by atoms with E-state index in [0.717, 1.165) is 19.0 Å². The quantitative estimate of drug-likeness (QED) is 0.275. The molecular formula is C29H32ClF3N2O3. The Hall–Kier alpha value is -2.84. The molecule has 1 fully saturated rings. The molecule has 2 heterocycles. The standard InChI is InChI=1S/C29H32ClF3N2O3/c1-38-22-4-5-26-23(16-22)28(24(30)18-34-26)25(33)6-7-29(17-27(36)37)8-11-35(12-9-29)10-2-3-19-13-20(31)15-21(32)14-19/h4-5,13-16,18,25H,2-3,6-12,17H2,1H3,(H,36,37)/t25-/m1/s1. The highest BCUT2D eigenvalue weighted by Gasteiger charge is 2.37. The normalized spacial score (nSPS) is 16.4. The zero-order chi connectivity index (χ0) is 27.3. The lowest BCUT2D eigenvalue weighted by Gasteiger charge is -2.41. The number of ether oxygens (including phenoxy) is 1. The third-order valence-electron chi connectivity index (χ3n) is 7.61. The number of halogens is 4. The Balaban J connectivity index is 1.38. The molecule has 0 amide bonds. The average Bonchev–Trinajstić information content (AvgIpc) is 2.87. The number of fused-ring (bicyclic) bond motifs is 1. The molecule has 1 aliphatic heterocycles. The van der Waals surface area contributed by atoms with Crippen molar-refractivity contribution in [3.63, 3.8) is 0 Å². The second-order valence-corrected chi connectivity index (χ2v) is 10.6. The molecule has 3 aromatic rings. The van der Waals surface area contributed by atoms with Crippen molar-refractivity contribution in [3.05, 3.63) is 70.4 Å². The van der Waals surface area contributed by atoms with E-state index in [1.807, 2.05) is 0 Å². The molecule has 0 radical (unpaired) electrons. The summed E-state index contributed by atoms with van der Waals surface area (Å²) in [6.45, 7) is 2.13. The van der Waals surface area contributed by atoms with Crippen LogP contribution in [0.25, 0.3) is 10.9 Å². The number of alkyl halides is 1. The molecule has 0 bridgehead atoms. The molecule has 0 saturated carbocycles. The van der Waals surface area contributed by atoms with E-state index in [4.69, 9.17) is 16.3 Å². The molecule has 0 spiro atoms. The van der Waals surface area contributed by atoms with Gasteiger partial charge in [0.2, 0.25) is 0 Å². The summed E-state index contributed by atoms with van der Waals surface area (Å²) in [6.07, 6.45) is 3.18. The second-order valence-electron chi connectivity index (χ2n) is 10.2. The number of hydrogen-bond acceptors (Lipinski definition) is 4. The van der Waals surface area contributed by atoms with E-state index in [-0.39, 0.29) is 17.9 Å². The molecule has 1 atom stereocenters. The molecular weight excluding hydrogens is 517 g/mol. The van der Waals surface area contributed by atoms with E-state index in [9.17, 15) is 18.7 Å². The van der Waals surface area contributed by atoms with E-state index < -0.39 is 29.2 Å². The predicted molar refractivity (Wildman–Crippen MR) is 141 cm³/mol. The first-order chi connectivity index (χ1) is 18.2. The Bertz CT molecular complexity index is 1260. The minimum Gasteiger partial charge on any atom is -0.497 e. The maximum atomic E-state index is 15.7. The van der Waals surface area contributed by atoms with Crippen molar-refractivity contribution >= 4 is 28.5 Å². The van der Waals surface area contributed by atoms with Gasteiger partial charge in [0.1, 0.15) is 23.6 Å². The van der Waals surface area contributed by atoms with Crippen LogP contribution in [-0.4, -0.2) is 47.7 Å². The number of aliphatic carboxylic acids is 1. The fraction of sp³-hybridized carbons (Fsp3) is 0.448. The summed E-state index contributed by atoms with van der Waals surface area (Å²) in [5.74, 6) is -1.48. The smallest absolute Gasteiger partial charge is 0.303 e. The van der Waals surface area contributed by atoms with E-state index >= 15 is 4.39 Å². The Labute approximate surface area is 225 Å². The summed E-state index contributed by atoms with van der Waals surface area (Å²) in [4.78, 5) is 18.3. The summed E-state index contributed by atoms with van der Waals surface area (Å²) < 4.78 is 47.9. The first kappa shape index (κ1) is 28.2. The lowest BCUT2D eigenvalue weighted by Crippen LogP contribution is -2.41. The monoisotopic (exact) mass is 548 g/mol. The van der Waals surface area contributed by atoms with Gasteiger partial charge in [0.05, 0.1) is 24.1 Å². The van der Waals surface area contributed by atoms with E-state index in [1.54, 1.807) is 18.2 Å². The summed E-state index contributed by atoms with van der Waals surface area (Å²) in [6, 6.07) is 8.79. The Morgan fingerprint density at radius 1 is 1.18 bits per heavy atom. The van der Waals surface area contributed by atoms with E-state index in [0.29, 0.717) is 66.6 Å². The van der Waals surface area contributed by atoms with Gasteiger partial charge in [0.15, 0.2) is 0 Å². The predicted octanol–water partition coefficient (Wildman–Crippen LogP) is 7.16. The highest BCUT2D eigenvalue weighted by molar-refractivity contribution is 6.32. The lowest BCUT2D eigenvalue weighted by molar-refractivity contribution is -0.141. The van der Waals surface area contributed by atoms with Crippen LogP contribution in [0.3, 0.4) is 0 Å². The SMILES string of the molecule is COc1ccc2ncc(Cl)c([C@H](F)CCC3(CC(=O)O)CCN(CCCc4cc(F)cc(F)c4)CC3)c2c1. The van der Waals surface area contributed by atoms with Gasteiger partial charge in [0, 0.05) is 23.2 Å². The number of aryl methyl sites for hydroxylation is 1. The van der Waals surface area contributed by atoms with E-state index in [2.05, 4.69) is 9.88 Å². The summed E-state index contributed by atoms with van der Waals surface area (Å²) in [5.41, 5.74) is 1.08. The number of rotatable bonds is 11. The molecule has 0 unspecified atom stereocenters. The Morgan fingerprint density at radius 3 is 2.55 bits per heavy atom. The molecule has 0 aliphatic carbocycles. The highest BCUT2D eigenvalue weighted by Crippen LogP contribution is 2.44. The Morgan fingerprint density at radius 2 is 1.89 bits per heavy atom. The van der Waals surface area contributed by atoms with Crippen molar-refractivity contribution in [1.29, 1.82) is 0 Å². The minimum absolute atomic E-state index is 0.0191. The van der Waals surface area contributed by atoms with E-state index in [1.165, 1.54) is 25.4 Å². The van der Waals surface area contributed by atoms with Crippen LogP contribution in [0, 0.1) is 17.0 Å². The number of carboxylic acid groups (broad SMARTS) is 1. The Kier molecular flexibility index (Phi) is 9.15. The van der Waals surface area contributed by atoms with Gasteiger partial charge < -0.3 is 14.7 Å². The van der Waals surface area contributed by atoms with Gasteiger partial charge in [0.25, 0.3) is 0 Å². The summed E-state index contributed by atoms with van der Waals surface area (Å²) >= 11 is 6.38. The van der Waals surface area contributed by atoms with Gasteiger partial charge in [-0.3, -0.25) is 9.78 Å². The first-order valence-electron chi connectivity index (χ1n) is 12.8. The molecule has 204 valence electrons. The van der Waals surface area contributed by atoms with Crippen LogP contribution in [-0.2, 0) is 11.2 Å². The van der Waals surface area contributed by atoms with Gasteiger partial charge in [-0.1, -0.05) is 11.6 Å². The molecule has 4 rings (SSSR count). The fourth-order valence-corrected chi connectivity index (χ4v) is 5.81. The number of aromatic nitrogens is 1. The number of hydrogen-bond donors (Lipinski definition) is 1. The topological polar surface area (TPSA) is 62.7 Å². The zero-order valence-electron chi connectivity index (χ0n) is 21.4. The number of nitrogens with zero attached hydrogens (tertiary/aromatic N) is 2. The third-order valence-corrected chi connectivity index (χ3v) is 7.92. The molecule has 1 aliphatic rings. The lowest BCUT2D eigenvalue weighted by atomic mass is 9.71. The molecule has 5 nitrogen and oxygen atoms in total. The van der Waals surface area contributed by atoms with Gasteiger partial charge in [-0.25, -0.2) is 13.2 Å². The van der Waals surface area contributed by atoms with Crippen LogP contribution >= 0.6 is 11.6 Å². The minimum atomic E-state index is -1.38. The maximum Gasteiger partial charge on any atom is 0.303 e. The number of likely N-dealkylation sites (tertiary alicyclic amines) is 1. The number of pyridine rings is 1. The molecule has 38 heavy (non-hydrogen) atoms. The maximum absolute atomic E-state index is 15.7. The van der Waals surface area contributed by atoms with Crippen LogP contribution in [0.4, 0.5) is 13.2 Å². The largest absolute Gasteiger partial charge is 0.497 e. The molecule has 1 saturated heterocycles. The van der Waals surface area contributed by atoms with Crippen molar-refractivity contribution in [2.24, 2.45) is 5.41 Å². The number of methoxy groups -OCH3 is 1. The molecule has 2 aromatic carbocycles. The van der Waals surface area contributed by atoms with Gasteiger partial charge >= 0.3 is 5.97 Å². The number of carboxylic acids is 1.